The molecule has 0 aliphatic heterocycles. The van der Waals surface area contributed by atoms with Crippen LogP contribution in [0.5, 0.6) is 0 Å². The van der Waals surface area contributed by atoms with Crippen LogP contribution in [0.15, 0.2) is 60.7 Å². The first-order valence-corrected chi connectivity index (χ1v) is 5.94. The quantitative estimate of drug-likeness (QED) is 0.252. The van der Waals surface area contributed by atoms with Gasteiger partial charge in [-0.3, -0.25) is 0 Å². The van der Waals surface area contributed by atoms with Crippen molar-refractivity contribution < 1.29 is 24.0 Å². The van der Waals surface area contributed by atoms with E-state index in [-0.39, 0.29) is 49.8 Å². The van der Waals surface area contributed by atoms with Crippen LogP contribution in [0.4, 0.5) is 0 Å². The van der Waals surface area contributed by atoms with E-state index in [0.717, 1.165) is 0 Å². The van der Waals surface area contributed by atoms with E-state index in [4.69, 9.17) is 0 Å². The van der Waals surface area contributed by atoms with Crippen molar-refractivity contribution in [2.45, 2.75) is 0 Å². The second-order valence-electron chi connectivity index (χ2n) is 2.63. The molecule has 0 saturated carbocycles. The van der Waals surface area contributed by atoms with Crippen molar-refractivity contribution in [1.82, 2.24) is 0 Å². The molecule has 0 atom stereocenters. The van der Waals surface area contributed by atoms with Crippen molar-refractivity contribution in [3.8, 4) is 0 Å². The van der Waals surface area contributed by atoms with Crippen LogP contribution >= 0.6 is 0 Å². The minimum absolute atomic E-state index is 0. The first-order chi connectivity index (χ1) is 6.79. The molecule has 0 radical (unpaired) electrons. The molecule has 2 aromatic rings. The Hall–Kier alpha value is 1.08. The number of benzene rings is 2. The standard InChI is InChI=1S/2C6H6Se.HI.In/c2*7-6-4-2-1-3-5-6;;/h2*1-5,7H;1H;/q;;;+3/p-3. The third kappa shape index (κ3) is 10.2. The van der Waals surface area contributed by atoms with Gasteiger partial charge in [0.15, 0.2) is 0 Å². The second kappa shape index (κ2) is 12.5. The fraction of sp³-hybridized carbons (Fsp3) is 0. The molecule has 2 aromatic carbocycles. The van der Waals surface area contributed by atoms with Gasteiger partial charge in [-0.2, -0.15) is 0 Å². The van der Waals surface area contributed by atoms with E-state index in [2.05, 4.69) is 32.0 Å². The molecule has 16 heavy (non-hydrogen) atoms. The van der Waals surface area contributed by atoms with Gasteiger partial charge in [0, 0.05) is 0 Å². The van der Waals surface area contributed by atoms with Crippen LogP contribution in [0.3, 0.4) is 0 Å². The van der Waals surface area contributed by atoms with Gasteiger partial charge in [0.1, 0.15) is 0 Å². The fourth-order valence-electron chi connectivity index (χ4n) is 0.841. The van der Waals surface area contributed by atoms with Gasteiger partial charge in [-0.1, -0.05) is 0 Å². The summed E-state index contributed by atoms with van der Waals surface area (Å²) in [6, 6.07) is 20.1. The molecule has 0 aliphatic carbocycles. The van der Waals surface area contributed by atoms with Gasteiger partial charge in [0.2, 0.25) is 0 Å². The molecule has 80 valence electrons. The molecule has 0 amide bonds. The van der Waals surface area contributed by atoms with E-state index < -0.39 is 0 Å². The van der Waals surface area contributed by atoms with Crippen molar-refractivity contribution in [3.63, 3.8) is 0 Å². The second-order valence-corrected chi connectivity index (χ2v) is 4.60. The van der Waals surface area contributed by atoms with Crippen LogP contribution in [0.1, 0.15) is 0 Å². The average molecular weight is 554 g/mol. The summed E-state index contributed by atoms with van der Waals surface area (Å²) < 4.78 is 2.39. The first-order valence-electron chi connectivity index (χ1n) is 4.23. The predicted molar refractivity (Wildman–Crippen MR) is 69.4 cm³/mol. The van der Waals surface area contributed by atoms with Crippen molar-refractivity contribution >= 4 is 66.8 Å². The zero-order chi connectivity index (χ0) is 10.2. The van der Waals surface area contributed by atoms with E-state index in [1.807, 2.05) is 60.7 Å². The van der Waals surface area contributed by atoms with Gasteiger partial charge in [0.05, 0.1) is 0 Å². The summed E-state index contributed by atoms with van der Waals surface area (Å²) in [4.78, 5) is 0. The molecule has 0 saturated heterocycles. The van der Waals surface area contributed by atoms with E-state index in [9.17, 15) is 0 Å². The molecule has 0 unspecified atom stereocenters. The van der Waals surface area contributed by atoms with Crippen molar-refractivity contribution in [2.75, 3.05) is 0 Å². The number of halogens is 1. The zero-order valence-electron chi connectivity index (χ0n) is 8.55. The Labute approximate surface area is 149 Å². The summed E-state index contributed by atoms with van der Waals surface area (Å²) in [7, 11) is 0. The van der Waals surface area contributed by atoms with Gasteiger partial charge >= 0.3 is 127 Å². The zero-order valence-corrected chi connectivity index (χ0v) is 17.4. The van der Waals surface area contributed by atoms with Gasteiger partial charge in [-0.15, -0.1) is 0 Å². The Morgan fingerprint density at radius 3 is 0.938 bits per heavy atom. The van der Waals surface area contributed by atoms with Gasteiger partial charge in [-0.25, -0.2) is 0 Å². The van der Waals surface area contributed by atoms with Crippen LogP contribution < -0.4 is 32.9 Å². The number of rotatable bonds is 0. The summed E-state index contributed by atoms with van der Waals surface area (Å²) in [6.45, 7) is 0. The average Bonchev–Trinajstić information content (AvgIpc) is 2.21. The Morgan fingerprint density at radius 1 is 0.562 bits per heavy atom. The summed E-state index contributed by atoms with van der Waals surface area (Å²) in [5.41, 5.74) is 0. The minimum atomic E-state index is 0. The molecule has 0 aliphatic rings. The monoisotopic (exact) mass is 556 g/mol. The predicted octanol–water partition coefficient (Wildman–Crippen LogP) is -2.42. The van der Waals surface area contributed by atoms with E-state index in [1.54, 1.807) is 0 Å². The third-order valence-electron chi connectivity index (χ3n) is 1.49. The maximum absolute atomic E-state index is 2.90. The van der Waals surface area contributed by atoms with E-state index in [1.165, 1.54) is 8.92 Å². The van der Waals surface area contributed by atoms with Crippen molar-refractivity contribution in [1.29, 1.82) is 0 Å². The summed E-state index contributed by atoms with van der Waals surface area (Å²) in [5.74, 6) is 0. The van der Waals surface area contributed by atoms with Crippen LogP contribution in [0, 0.1) is 0 Å². The molecule has 2 rings (SSSR count). The molecule has 0 nitrogen and oxygen atoms in total. The Morgan fingerprint density at radius 2 is 0.812 bits per heavy atom. The summed E-state index contributed by atoms with van der Waals surface area (Å²) in [6.07, 6.45) is 0. The Kier molecular flexibility index (Phi) is 15.2. The van der Waals surface area contributed by atoms with Crippen LogP contribution in [-0.4, -0.2) is 57.9 Å². The van der Waals surface area contributed by atoms with E-state index >= 15 is 0 Å². The van der Waals surface area contributed by atoms with Crippen LogP contribution in [0.25, 0.3) is 0 Å². The molecule has 0 heterocycles. The molecular weight excluding hydrogens is 544 g/mol. The Bertz CT molecular complexity index is 316. The third-order valence-corrected chi connectivity index (χ3v) is 2.63. The van der Waals surface area contributed by atoms with Gasteiger partial charge in [0.25, 0.3) is 0 Å². The van der Waals surface area contributed by atoms with Crippen LogP contribution in [-0.2, 0) is 0 Å². The van der Waals surface area contributed by atoms with Crippen molar-refractivity contribution in [3.05, 3.63) is 60.7 Å². The number of hydrogen-bond acceptors (Lipinski definition) is 0. The molecule has 4 heteroatoms. The van der Waals surface area contributed by atoms with Crippen molar-refractivity contribution in [2.24, 2.45) is 0 Å². The molecule has 0 N–H and O–H groups in total. The van der Waals surface area contributed by atoms with Crippen LogP contribution in [0.2, 0.25) is 0 Å². The van der Waals surface area contributed by atoms with E-state index in [0.29, 0.717) is 0 Å². The normalized spacial score (nSPS) is 7.50. The first kappa shape index (κ1) is 19.4. The summed E-state index contributed by atoms with van der Waals surface area (Å²) in [5, 5.41) is 0. The molecule has 0 aromatic heterocycles. The molecule has 0 bridgehead atoms. The SMILES string of the molecule is [I-].[In+3].[Se-]c1ccccc1.[Se-]c1ccccc1. The molecular formula is C12H10IInSe2. The molecule has 0 spiro atoms. The topological polar surface area (TPSA) is 0 Å². The fourth-order valence-corrected chi connectivity index (χ4v) is 1.50. The van der Waals surface area contributed by atoms with Gasteiger partial charge < -0.3 is 24.0 Å². The van der Waals surface area contributed by atoms with Gasteiger partial charge in [-0.05, 0) is 0 Å². The Balaban J connectivity index is 0. The summed E-state index contributed by atoms with van der Waals surface area (Å²) >= 11 is 5.80. The molecule has 0 fully saturated rings. The number of hydrogen-bond donors (Lipinski definition) is 0. The maximum atomic E-state index is 2.90.